The van der Waals surface area contributed by atoms with Crippen molar-refractivity contribution in [1.82, 2.24) is 10.6 Å². The molecule has 0 fully saturated rings. The average Bonchev–Trinajstić information content (AvgIpc) is 3.10. The number of nitrogens with two attached hydrogens (primary N) is 1. The second-order valence-electron chi connectivity index (χ2n) is 11.2. The van der Waals surface area contributed by atoms with E-state index in [0.717, 1.165) is 22.3 Å². The zero-order chi connectivity index (χ0) is 33.1. The molecule has 1 unspecified atom stereocenters. The zero-order valence-electron chi connectivity index (χ0n) is 26.6. The Morgan fingerprint density at radius 1 is 0.660 bits per heavy atom. The number of carbonyl (C=O) groups excluding carboxylic acids is 3. The highest BCUT2D eigenvalue weighted by atomic mass is 16.5. The maximum atomic E-state index is 13.1. The van der Waals surface area contributed by atoms with Crippen molar-refractivity contribution in [2.24, 2.45) is 5.73 Å². The standard InChI is InChI=1S/C38H43N3O6/c39-34(18-10-11-22-40-37(43)21-23-41-38(44)47-28-31-16-8-3-9-17-31)35(42)24-32-19-20-33(45-26-29-12-4-1-5-13-29)25-36(32)46-27-30-14-6-2-7-15-30/h1-9,12-17,19-20,25,34H,10-11,18,21-24,26-28,39H2,(H,40,43)(H,41,44). The topological polar surface area (TPSA) is 129 Å². The van der Waals surface area contributed by atoms with Gasteiger partial charge in [0.2, 0.25) is 5.91 Å². The van der Waals surface area contributed by atoms with Crippen molar-refractivity contribution in [3.63, 3.8) is 0 Å². The van der Waals surface area contributed by atoms with Crippen molar-refractivity contribution in [3.8, 4) is 11.5 Å². The normalized spacial score (nSPS) is 11.3. The second-order valence-corrected chi connectivity index (χ2v) is 11.2. The third-order valence-corrected chi connectivity index (χ3v) is 7.40. The molecule has 246 valence electrons. The lowest BCUT2D eigenvalue weighted by Crippen LogP contribution is -2.33. The summed E-state index contributed by atoms with van der Waals surface area (Å²) in [6, 6.07) is 34.0. The maximum Gasteiger partial charge on any atom is 0.407 e. The van der Waals surface area contributed by atoms with Gasteiger partial charge in [0.15, 0.2) is 5.78 Å². The Balaban J connectivity index is 1.16. The molecule has 4 aromatic carbocycles. The smallest absolute Gasteiger partial charge is 0.407 e. The third kappa shape index (κ3) is 13.0. The van der Waals surface area contributed by atoms with Gasteiger partial charge in [0, 0.05) is 37.6 Å². The molecule has 0 aromatic heterocycles. The van der Waals surface area contributed by atoms with E-state index in [9.17, 15) is 14.4 Å². The minimum Gasteiger partial charge on any atom is -0.489 e. The number of ketones is 1. The van der Waals surface area contributed by atoms with Crippen molar-refractivity contribution in [2.75, 3.05) is 13.1 Å². The first-order valence-corrected chi connectivity index (χ1v) is 15.9. The van der Waals surface area contributed by atoms with Gasteiger partial charge in [-0.15, -0.1) is 0 Å². The molecule has 0 aliphatic carbocycles. The van der Waals surface area contributed by atoms with Crippen LogP contribution in [0.5, 0.6) is 11.5 Å². The van der Waals surface area contributed by atoms with Gasteiger partial charge in [0.1, 0.15) is 31.3 Å². The molecule has 0 heterocycles. The van der Waals surface area contributed by atoms with Crippen molar-refractivity contribution < 1.29 is 28.6 Å². The van der Waals surface area contributed by atoms with Gasteiger partial charge in [0.25, 0.3) is 0 Å². The van der Waals surface area contributed by atoms with Crippen LogP contribution in [0, 0.1) is 0 Å². The molecule has 47 heavy (non-hydrogen) atoms. The fourth-order valence-electron chi connectivity index (χ4n) is 4.72. The highest BCUT2D eigenvalue weighted by Gasteiger charge is 2.17. The first kappa shape index (κ1) is 34.7. The van der Waals surface area contributed by atoms with E-state index < -0.39 is 12.1 Å². The van der Waals surface area contributed by atoms with Gasteiger partial charge in [-0.2, -0.15) is 0 Å². The number of ether oxygens (including phenoxy) is 3. The number of alkyl carbamates (subject to hydrolysis) is 1. The van der Waals surface area contributed by atoms with E-state index in [4.69, 9.17) is 19.9 Å². The average molecular weight is 638 g/mol. The minimum atomic E-state index is -0.632. The summed E-state index contributed by atoms with van der Waals surface area (Å²) in [6.07, 6.45) is 1.58. The van der Waals surface area contributed by atoms with Crippen LogP contribution in [0.4, 0.5) is 4.79 Å². The first-order chi connectivity index (χ1) is 23.0. The van der Waals surface area contributed by atoms with E-state index in [1.807, 2.05) is 109 Å². The summed E-state index contributed by atoms with van der Waals surface area (Å²) in [5, 5.41) is 5.41. The molecule has 0 spiro atoms. The lowest BCUT2D eigenvalue weighted by atomic mass is 9.99. The Morgan fingerprint density at radius 2 is 1.26 bits per heavy atom. The predicted molar refractivity (Wildman–Crippen MR) is 181 cm³/mol. The molecule has 0 bridgehead atoms. The Hall–Kier alpha value is -5.15. The third-order valence-electron chi connectivity index (χ3n) is 7.40. The number of hydrogen-bond acceptors (Lipinski definition) is 7. The van der Waals surface area contributed by atoms with Crippen LogP contribution in [-0.4, -0.2) is 36.9 Å². The van der Waals surface area contributed by atoms with E-state index in [2.05, 4.69) is 10.6 Å². The molecule has 0 aliphatic rings. The first-order valence-electron chi connectivity index (χ1n) is 15.9. The van der Waals surface area contributed by atoms with Gasteiger partial charge in [0.05, 0.1) is 6.04 Å². The lowest BCUT2D eigenvalue weighted by molar-refractivity contribution is -0.121. The largest absolute Gasteiger partial charge is 0.489 e. The highest BCUT2D eigenvalue weighted by molar-refractivity contribution is 5.86. The minimum absolute atomic E-state index is 0.0817. The van der Waals surface area contributed by atoms with Crippen LogP contribution >= 0.6 is 0 Å². The van der Waals surface area contributed by atoms with Gasteiger partial charge >= 0.3 is 6.09 Å². The highest BCUT2D eigenvalue weighted by Crippen LogP contribution is 2.28. The molecule has 9 heteroatoms. The number of benzene rings is 4. The van der Waals surface area contributed by atoms with Crippen LogP contribution in [0.15, 0.2) is 109 Å². The molecule has 4 N–H and O–H groups in total. The quantitative estimate of drug-likeness (QED) is 0.109. The number of hydrogen-bond donors (Lipinski definition) is 3. The molecule has 1 atom stereocenters. The Morgan fingerprint density at radius 3 is 1.89 bits per heavy atom. The Bertz CT molecular complexity index is 1530. The van der Waals surface area contributed by atoms with E-state index in [1.165, 1.54) is 0 Å². The molecule has 4 rings (SSSR count). The molecule has 0 saturated heterocycles. The Labute approximate surface area is 276 Å². The fourth-order valence-corrected chi connectivity index (χ4v) is 4.72. The Kier molecular flexibility index (Phi) is 14.3. The number of Topliss-reactive ketones (excluding diaryl/α,β-unsaturated/α-hetero) is 1. The monoisotopic (exact) mass is 637 g/mol. The molecule has 4 aromatic rings. The summed E-state index contributed by atoms with van der Waals surface area (Å²) in [5.41, 5.74) is 9.97. The van der Waals surface area contributed by atoms with Crippen LogP contribution in [0.25, 0.3) is 0 Å². The van der Waals surface area contributed by atoms with Crippen LogP contribution < -0.4 is 25.8 Å². The summed E-state index contributed by atoms with van der Waals surface area (Å²) in [4.78, 5) is 37.0. The summed E-state index contributed by atoms with van der Waals surface area (Å²) in [5.74, 6) is 0.981. The molecule has 0 saturated carbocycles. The van der Waals surface area contributed by atoms with E-state index in [1.54, 1.807) is 0 Å². The van der Waals surface area contributed by atoms with Crippen molar-refractivity contribution >= 4 is 17.8 Å². The summed E-state index contributed by atoms with van der Waals surface area (Å²) in [6.45, 7) is 1.58. The lowest BCUT2D eigenvalue weighted by Gasteiger charge is -2.16. The second kappa shape index (κ2) is 19.4. The van der Waals surface area contributed by atoms with Gasteiger partial charge in [-0.05, 0) is 42.0 Å². The fraction of sp³-hybridized carbons (Fsp3) is 0.289. The van der Waals surface area contributed by atoms with Crippen molar-refractivity contribution in [1.29, 1.82) is 0 Å². The van der Waals surface area contributed by atoms with Crippen LogP contribution in [0.1, 0.15) is 47.9 Å². The zero-order valence-corrected chi connectivity index (χ0v) is 26.6. The van der Waals surface area contributed by atoms with Crippen molar-refractivity contribution in [2.45, 2.75) is 58.0 Å². The van der Waals surface area contributed by atoms with E-state index in [0.29, 0.717) is 50.5 Å². The van der Waals surface area contributed by atoms with E-state index in [-0.39, 0.29) is 37.7 Å². The summed E-state index contributed by atoms with van der Waals surface area (Å²) in [7, 11) is 0. The van der Waals surface area contributed by atoms with Gasteiger partial charge in [-0.25, -0.2) is 4.79 Å². The predicted octanol–water partition coefficient (Wildman–Crippen LogP) is 5.89. The van der Waals surface area contributed by atoms with Gasteiger partial charge in [-0.1, -0.05) is 97.1 Å². The summed E-state index contributed by atoms with van der Waals surface area (Å²) < 4.78 is 17.3. The number of unbranched alkanes of at least 4 members (excludes halogenated alkanes) is 1. The number of rotatable bonds is 19. The molecular weight excluding hydrogens is 594 g/mol. The SMILES string of the molecule is NC(CCCCNC(=O)CCNC(=O)OCc1ccccc1)C(=O)Cc1ccc(OCc2ccccc2)cc1OCc1ccccc1. The van der Waals surface area contributed by atoms with E-state index >= 15 is 0 Å². The molecular formula is C38H43N3O6. The molecule has 0 radical (unpaired) electrons. The number of carbonyl (C=O) groups is 3. The number of nitrogens with one attached hydrogen (secondary N) is 2. The van der Waals surface area contributed by atoms with Gasteiger partial charge in [-0.3, -0.25) is 9.59 Å². The van der Waals surface area contributed by atoms with Crippen LogP contribution in [0.2, 0.25) is 0 Å². The van der Waals surface area contributed by atoms with Gasteiger partial charge < -0.3 is 30.6 Å². The molecule has 2 amide bonds. The van der Waals surface area contributed by atoms with Crippen LogP contribution in [-0.2, 0) is 40.6 Å². The van der Waals surface area contributed by atoms with Crippen molar-refractivity contribution in [3.05, 3.63) is 131 Å². The maximum absolute atomic E-state index is 13.1. The molecule has 0 aliphatic heterocycles. The molecule has 9 nitrogen and oxygen atoms in total. The summed E-state index contributed by atoms with van der Waals surface area (Å²) >= 11 is 0. The number of amides is 2. The van der Waals surface area contributed by atoms with Crippen LogP contribution in [0.3, 0.4) is 0 Å².